The lowest BCUT2D eigenvalue weighted by Gasteiger charge is -2.16. The van der Waals surface area contributed by atoms with E-state index in [0.717, 1.165) is 11.3 Å². The van der Waals surface area contributed by atoms with Crippen molar-refractivity contribution < 1.29 is 19.0 Å². The number of fused-ring (bicyclic) bond motifs is 1. The Balaban J connectivity index is 1.50. The Labute approximate surface area is 147 Å². The predicted molar refractivity (Wildman–Crippen MR) is 95.1 cm³/mol. The number of rotatable bonds is 7. The molecule has 2 aromatic carbocycles. The van der Waals surface area contributed by atoms with Gasteiger partial charge in [-0.05, 0) is 43.8 Å². The van der Waals surface area contributed by atoms with Crippen LogP contribution in [0.3, 0.4) is 0 Å². The molecule has 1 aliphatic heterocycles. The number of nitrogens with zero attached hydrogens (tertiary/aromatic N) is 1. The van der Waals surface area contributed by atoms with Crippen LogP contribution in [0.4, 0.5) is 5.69 Å². The standard InChI is InChI=1S/C19H22N2O4/c1-3-23-16-7-4-14(5-8-16)11-21(2)12-19(22)20-15-6-9-17-18(10-15)25-13-24-17/h4-10H,3,11-13H2,1-2H3,(H,20,22). The summed E-state index contributed by atoms with van der Waals surface area (Å²) in [6.45, 7) is 3.81. The number of hydrogen-bond acceptors (Lipinski definition) is 5. The SMILES string of the molecule is CCOc1ccc(CN(C)CC(=O)Nc2ccc3c(c2)OCO3)cc1. The third-order valence-electron chi connectivity index (χ3n) is 3.76. The highest BCUT2D eigenvalue weighted by Gasteiger charge is 2.14. The molecule has 1 heterocycles. The first kappa shape index (κ1) is 17.1. The molecule has 0 atom stereocenters. The molecule has 0 radical (unpaired) electrons. The van der Waals surface area contributed by atoms with Crippen LogP contribution in [0.15, 0.2) is 42.5 Å². The van der Waals surface area contributed by atoms with Gasteiger partial charge >= 0.3 is 0 Å². The summed E-state index contributed by atoms with van der Waals surface area (Å²) in [7, 11) is 1.91. The largest absolute Gasteiger partial charge is 0.494 e. The monoisotopic (exact) mass is 342 g/mol. The number of carbonyl (C=O) groups is 1. The van der Waals surface area contributed by atoms with Crippen molar-refractivity contribution in [1.29, 1.82) is 0 Å². The van der Waals surface area contributed by atoms with Crippen LogP contribution in [-0.4, -0.2) is 37.8 Å². The highest BCUT2D eigenvalue weighted by molar-refractivity contribution is 5.92. The first-order valence-electron chi connectivity index (χ1n) is 8.24. The molecule has 3 rings (SSSR count). The van der Waals surface area contributed by atoms with E-state index < -0.39 is 0 Å². The fourth-order valence-corrected chi connectivity index (χ4v) is 2.65. The number of carbonyl (C=O) groups excluding carboxylic acids is 1. The van der Waals surface area contributed by atoms with Gasteiger partial charge in [-0.3, -0.25) is 9.69 Å². The van der Waals surface area contributed by atoms with Crippen molar-refractivity contribution in [1.82, 2.24) is 4.90 Å². The average Bonchev–Trinajstić information content (AvgIpc) is 3.04. The molecule has 132 valence electrons. The molecule has 6 nitrogen and oxygen atoms in total. The van der Waals surface area contributed by atoms with Crippen LogP contribution in [-0.2, 0) is 11.3 Å². The number of likely N-dealkylation sites (N-methyl/N-ethyl adjacent to an activating group) is 1. The normalized spacial score (nSPS) is 12.3. The van der Waals surface area contributed by atoms with Crippen LogP contribution in [0.2, 0.25) is 0 Å². The van der Waals surface area contributed by atoms with Crippen molar-refractivity contribution in [3.8, 4) is 17.2 Å². The van der Waals surface area contributed by atoms with Crippen molar-refractivity contribution >= 4 is 11.6 Å². The van der Waals surface area contributed by atoms with E-state index in [1.54, 1.807) is 18.2 Å². The molecular weight excluding hydrogens is 320 g/mol. The molecule has 0 saturated carbocycles. The van der Waals surface area contributed by atoms with E-state index in [1.807, 2.05) is 43.1 Å². The third kappa shape index (κ3) is 4.64. The minimum absolute atomic E-state index is 0.0766. The quantitative estimate of drug-likeness (QED) is 0.838. The second kappa shape index (κ2) is 7.90. The van der Waals surface area contributed by atoms with E-state index in [1.165, 1.54) is 0 Å². The Morgan fingerprint density at radius 2 is 1.92 bits per heavy atom. The number of hydrogen-bond donors (Lipinski definition) is 1. The maximum absolute atomic E-state index is 12.2. The summed E-state index contributed by atoms with van der Waals surface area (Å²) in [5.74, 6) is 2.13. The van der Waals surface area contributed by atoms with Crippen LogP contribution in [0.5, 0.6) is 17.2 Å². The molecular formula is C19H22N2O4. The molecule has 1 N–H and O–H groups in total. The maximum Gasteiger partial charge on any atom is 0.238 e. The highest BCUT2D eigenvalue weighted by Crippen LogP contribution is 2.34. The van der Waals surface area contributed by atoms with Crippen LogP contribution in [0.25, 0.3) is 0 Å². The molecule has 0 fully saturated rings. The number of benzene rings is 2. The summed E-state index contributed by atoms with van der Waals surface area (Å²) in [4.78, 5) is 14.2. The topological polar surface area (TPSA) is 60.0 Å². The fourth-order valence-electron chi connectivity index (χ4n) is 2.65. The lowest BCUT2D eigenvalue weighted by molar-refractivity contribution is -0.117. The highest BCUT2D eigenvalue weighted by atomic mass is 16.7. The fraction of sp³-hybridized carbons (Fsp3) is 0.316. The molecule has 1 amide bonds. The zero-order valence-corrected chi connectivity index (χ0v) is 14.5. The molecule has 0 saturated heterocycles. The summed E-state index contributed by atoms with van der Waals surface area (Å²) in [6, 6.07) is 13.3. The van der Waals surface area contributed by atoms with E-state index in [-0.39, 0.29) is 12.7 Å². The minimum atomic E-state index is -0.0766. The summed E-state index contributed by atoms with van der Waals surface area (Å²) >= 11 is 0. The minimum Gasteiger partial charge on any atom is -0.494 e. The summed E-state index contributed by atoms with van der Waals surface area (Å²) in [5.41, 5.74) is 1.82. The van der Waals surface area contributed by atoms with E-state index in [2.05, 4.69) is 5.32 Å². The van der Waals surface area contributed by atoms with E-state index in [0.29, 0.717) is 36.9 Å². The average molecular weight is 342 g/mol. The molecule has 0 aliphatic carbocycles. The smallest absolute Gasteiger partial charge is 0.238 e. The van der Waals surface area contributed by atoms with Crippen LogP contribution >= 0.6 is 0 Å². The Hall–Kier alpha value is -2.73. The molecule has 0 bridgehead atoms. The van der Waals surface area contributed by atoms with Crippen LogP contribution in [0, 0.1) is 0 Å². The molecule has 2 aromatic rings. The predicted octanol–water partition coefficient (Wildman–Crippen LogP) is 2.88. The maximum atomic E-state index is 12.2. The molecule has 0 aromatic heterocycles. The Kier molecular flexibility index (Phi) is 5.40. The second-order valence-electron chi connectivity index (χ2n) is 5.87. The first-order chi connectivity index (χ1) is 12.1. The molecule has 0 unspecified atom stereocenters. The van der Waals surface area contributed by atoms with Gasteiger partial charge in [0.05, 0.1) is 13.2 Å². The lowest BCUT2D eigenvalue weighted by Crippen LogP contribution is -2.29. The van der Waals surface area contributed by atoms with Gasteiger partial charge in [-0.25, -0.2) is 0 Å². The second-order valence-corrected chi connectivity index (χ2v) is 5.87. The van der Waals surface area contributed by atoms with Gasteiger partial charge in [0.1, 0.15) is 5.75 Å². The molecule has 0 spiro atoms. The lowest BCUT2D eigenvalue weighted by atomic mass is 10.2. The first-order valence-corrected chi connectivity index (χ1v) is 8.24. The Morgan fingerprint density at radius 3 is 2.68 bits per heavy atom. The van der Waals surface area contributed by atoms with Crippen molar-refractivity contribution in [2.24, 2.45) is 0 Å². The van der Waals surface area contributed by atoms with Crippen molar-refractivity contribution in [3.05, 3.63) is 48.0 Å². The van der Waals surface area contributed by atoms with Gasteiger partial charge in [0.25, 0.3) is 0 Å². The third-order valence-corrected chi connectivity index (χ3v) is 3.76. The van der Waals surface area contributed by atoms with Crippen molar-refractivity contribution in [3.63, 3.8) is 0 Å². The van der Waals surface area contributed by atoms with Gasteiger partial charge in [-0.2, -0.15) is 0 Å². The number of amides is 1. The number of nitrogens with one attached hydrogen (secondary N) is 1. The Bertz CT molecular complexity index is 731. The van der Waals surface area contributed by atoms with Gasteiger partial charge in [-0.1, -0.05) is 12.1 Å². The van der Waals surface area contributed by atoms with Gasteiger partial charge in [0, 0.05) is 18.3 Å². The van der Waals surface area contributed by atoms with Gasteiger partial charge < -0.3 is 19.5 Å². The number of anilines is 1. The summed E-state index contributed by atoms with van der Waals surface area (Å²) in [6.07, 6.45) is 0. The van der Waals surface area contributed by atoms with E-state index >= 15 is 0 Å². The van der Waals surface area contributed by atoms with Gasteiger partial charge in [0.15, 0.2) is 11.5 Å². The zero-order chi connectivity index (χ0) is 17.6. The van der Waals surface area contributed by atoms with E-state index in [4.69, 9.17) is 14.2 Å². The molecule has 1 aliphatic rings. The molecule has 25 heavy (non-hydrogen) atoms. The van der Waals surface area contributed by atoms with Crippen molar-refractivity contribution in [2.75, 3.05) is 32.3 Å². The number of ether oxygens (including phenoxy) is 3. The summed E-state index contributed by atoms with van der Waals surface area (Å²) < 4.78 is 16.0. The van der Waals surface area contributed by atoms with Gasteiger partial charge in [0.2, 0.25) is 12.7 Å². The summed E-state index contributed by atoms with van der Waals surface area (Å²) in [5, 5.41) is 2.88. The van der Waals surface area contributed by atoms with Crippen LogP contribution in [0.1, 0.15) is 12.5 Å². The van der Waals surface area contributed by atoms with Gasteiger partial charge in [-0.15, -0.1) is 0 Å². The van der Waals surface area contributed by atoms with Crippen molar-refractivity contribution in [2.45, 2.75) is 13.5 Å². The zero-order valence-electron chi connectivity index (χ0n) is 14.5. The van der Waals surface area contributed by atoms with Crippen LogP contribution < -0.4 is 19.5 Å². The van der Waals surface area contributed by atoms with E-state index in [9.17, 15) is 4.79 Å². The molecule has 6 heteroatoms. The Morgan fingerprint density at radius 1 is 1.16 bits per heavy atom.